The van der Waals surface area contributed by atoms with Crippen LogP contribution in [0, 0.1) is 0 Å². The average molecular weight is 170 g/mol. The van der Waals surface area contributed by atoms with E-state index in [0.717, 1.165) is 0 Å². The Hall–Kier alpha value is -1.38. The number of hydrogen-bond acceptors (Lipinski definition) is 2. The van der Waals surface area contributed by atoms with E-state index in [1.165, 1.54) is 18.7 Å². The molecule has 12 heavy (non-hydrogen) atoms. The molecule has 0 bridgehead atoms. The first-order chi connectivity index (χ1) is 5.63. The van der Waals surface area contributed by atoms with Crippen LogP contribution in [0.25, 0.3) is 0 Å². The van der Waals surface area contributed by atoms with Crippen molar-refractivity contribution in [2.24, 2.45) is 10.7 Å². The van der Waals surface area contributed by atoms with Gasteiger partial charge in [-0.3, -0.25) is 9.79 Å². The normalized spacial score (nSPS) is 9.33. The van der Waals surface area contributed by atoms with Crippen LogP contribution >= 0.6 is 0 Å². The summed E-state index contributed by atoms with van der Waals surface area (Å²) in [5.74, 6) is -0.544. The fourth-order valence-electron chi connectivity index (χ4n) is 0.315. The van der Waals surface area contributed by atoms with Crippen LogP contribution in [-0.2, 0) is 4.79 Å². The monoisotopic (exact) mass is 170 g/mol. The van der Waals surface area contributed by atoms with Crippen molar-refractivity contribution in [3.05, 3.63) is 24.4 Å². The summed E-state index contributed by atoms with van der Waals surface area (Å²) in [5.41, 5.74) is 5.14. The lowest BCUT2D eigenvalue weighted by atomic mass is 10.3. The van der Waals surface area contributed by atoms with Crippen molar-refractivity contribution >= 4 is 12.6 Å². The molecule has 0 aliphatic rings. The number of aliphatic imine (C=N–C) groups is 1. The Kier molecular flexibility index (Phi) is 10.6. The van der Waals surface area contributed by atoms with Crippen LogP contribution < -0.4 is 5.73 Å². The van der Waals surface area contributed by atoms with Crippen LogP contribution in [-0.4, -0.2) is 12.6 Å². The summed E-state index contributed by atoms with van der Waals surface area (Å²) in [6.45, 7) is 10.7. The van der Waals surface area contributed by atoms with E-state index in [1.54, 1.807) is 0 Å². The third-order valence-electron chi connectivity index (χ3n) is 0.735. The highest BCUT2D eigenvalue weighted by atomic mass is 16.1. The van der Waals surface area contributed by atoms with Crippen molar-refractivity contribution < 1.29 is 6.22 Å². The summed E-state index contributed by atoms with van der Waals surface area (Å²) in [4.78, 5) is 13.7. The van der Waals surface area contributed by atoms with Gasteiger partial charge in [0.25, 0.3) is 0 Å². The molecule has 70 valence electrons. The van der Waals surface area contributed by atoms with Gasteiger partial charge in [0.05, 0.1) is 5.57 Å². The average Bonchev–Trinajstić information content (AvgIpc) is 2.01. The zero-order valence-electron chi connectivity index (χ0n) is 7.71. The fraction of sp³-hybridized carbons (Fsp3) is 0.333. The Morgan fingerprint density at radius 3 is 2.17 bits per heavy atom. The van der Waals surface area contributed by atoms with Gasteiger partial charge in [-0.2, -0.15) is 0 Å². The predicted octanol–water partition coefficient (Wildman–Crippen LogP) is 1.90. The molecular formula is C9H18N2O. The van der Waals surface area contributed by atoms with Gasteiger partial charge in [0.1, 0.15) is 0 Å². The standard InChI is InChI=1S/C6H8N2O.C3H8.H2/c1-3-5(4-8-2)6(7)9;1-3-2;/h3-4H,1-2H2,(H2,7,9);3H2,1-2H3;1H/b5-4+;;. The zero-order valence-corrected chi connectivity index (χ0v) is 7.71. The number of nitrogens with zero attached hydrogens (tertiary/aromatic N) is 1. The second kappa shape index (κ2) is 9.62. The van der Waals surface area contributed by atoms with E-state index < -0.39 is 5.91 Å². The minimum Gasteiger partial charge on any atom is -0.366 e. The lowest BCUT2D eigenvalue weighted by molar-refractivity contribution is -0.114. The van der Waals surface area contributed by atoms with E-state index in [2.05, 4.69) is 32.1 Å². The van der Waals surface area contributed by atoms with Crippen molar-refractivity contribution in [1.29, 1.82) is 0 Å². The van der Waals surface area contributed by atoms with Crippen LogP contribution in [0.5, 0.6) is 0 Å². The number of primary amides is 1. The summed E-state index contributed by atoms with van der Waals surface area (Å²) < 4.78 is 0. The molecule has 0 aromatic rings. The molecule has 0 aromatic heterocycles. The van der Waals surface area contributed by atoms with Crippen molar-refractivity contribution in [2.75, 3.05) is 0 Å². The lowest BCUT2D eigenvalue weighted by Gasteiger charge is -1.88. The molecule has 0 aliphatic carbocycles. The maximum absolute atomic E-state index is 10.3. The van der Waals surface area contributed by atoms with Crippen molar-refractivity contribution in [2.45, 2.75) is 20.3 Å². The van der Waals surface area contributed by atoms with Gasteiger partial charge >= 0.3 is 0 Å². The molecule has 0 saturated carbocycles. The van der Waals surface area contributed by atoms with E-state index in [9.17, 15) is 4.79 Å². The highest BCUT2D eigenvalue weighted by Crippen LogP contribution is 1.92. The molecule has 1 amide bonds. The van der Waals surface area contributed by atoms with Gasteiger partial charge in [-0.05, 0) is 6.72 Å². The molecule has 3 nitrogen and oxygen atoms in total. The van der Waals surface area contributed by atoms with E-state index in [-0.39, 0.29) is 7.00 Å². The highest BCUT2D eigenvalue weighted by molar-refractivity contribution is 5.94. The third kappa shape index (κ3) is 8.62. The molecule has 2 N–H and O–H groups in total. The smallest absolute Gasteiger partial charge is 0.250 e. The number of rotatable bonds is 3. The maximum Gasteiger partial charge on any atom is 0.250 e. The van der Waals surface area contributed by atoms with E-state index in [1.807, 2.05) is 0 Å². The maximum atomic E-state index is 10.3. The summed E-state index contributed by atoms with van der Waals surface area (Å²) in [6, 6.07) is 0. The summed E-state index contributed by atoms with van der Waals surface area (Å²) >= 11 is 0. The lowest BCUT2D eigenvalue weighted by Crippen LogP contribution is -2.11. The molecule has 0 spiro atoms. The van der Waals surface area contributed by atoms with E-state index in [0.29, 0.717) is 0 Å². The number of hydrogen-bond donors (Lipinski definition) is 1. The second-order valence-corrected chi connectivity index (χ2v) is 2.04. The Morgan fingerprint density at radius 1 is 1.67 bits per heavy atom. The van der Waals surface area contributed by atoms with Gasteiger partial charge in [0, 0.05) is 7.63 Å². The van der Waals surface area contributed by atoms with Gasteiger partial charge in [-0.1, -0.05) is 32.9 Å². The Bertz CT molecular complexity index is 188. The van der Waals surface area contributed by atoms with Crippen molar-refractivity contribution in [3.8, 4) is 0 Å². The molecule has 0 atom stereocenters. The molecule has 3 heteroatoms. The van der Waals surface area contributed by atoms with Gasteiger partial charge in [0.2, 0.25) is 5.91 Å². The van der Waals surface area contributed by atoms with Gasteiger partial charge in [0.15, 0.2) is 0 Å². The zero-order chi connectivity index (χ0) is 9.98. The highest BCUT2D eigenvalue weighted by Gasteiger charge is 1.95. The first kappa shape index (κ1) is 13.2. The summed E-state index contributed by atoms with van der Waals surface area (Å²) in [7, 11) is 0. The quantitative estimate of drug-likeness (QED) is 0.392. The molecule has 0 unspecified atom stereocenters. The van der Waals surface area contributed by atoms with Gasteiger partial charge in [-0.25, -0.2) is 0 Å². The minimum atomic E-state index is -0.544. The van der Waals surface area contributed by atoms with Gasteiger partial charge in [-0.15, -0.1) is 0 Å². The Balaban J connectivity index is -0.000000220. The van der Waals surface area contributed by atoms with E-state index >= 15 is 0 Å². The molecule has 0 aliphatic heterocycles. The number of carbonyl (C=O) groups excluding carboxylic acids is 1. The van der Waals surface area contributed by atoms with Crippen LogP contribution in [0.1, 0.15) is 21.7 Å². The summed E-state index contributed by atoms with van der Waals surface area (Å²) in [6.07, 6.45) is 3.84. The van der Waals surface area contributed by atoms with E-state index in [4.69, 9.17) is 5.73 Å². The number of nitrogens with two attached hydrogens (primary N) is 1. The third-order valence-corrected chi connectivity index (χ3v) is 0.735. The van der Waals surface area contributed by atoms with Crippen LogP contribution in [0.3, 0.4) is 0 Å². The molecule has 0 aromatic carbocycles. The van der Waals surface area contributed by atoms with Crippen LogP contribution in [0.15, 0.2) is 29.4 Å². The first-order valence-electron chi connectivity index (χ1n) is 3.72. The predicted molar refractivity (Wildman–Crippen MR) is 55.1 cm³/mol. The molecule has 0 heterocycles. The van der Waals surface area contributed by atoms with Crippen molar-refractivity contribution in [3.63, 3.8) is 0 Å². The Labute approximate surface area is 75.2 Å². The topological polar surface area (TPSA) is 55.4 Å². The van der Waals surface area contributed by atoms with Gasteiger partial charge < -0.3 is 5.73 Å². The van der Waals surface area contributed by atoms with Crippen LogP contribution in [0.4, 0.5) is 0 Å². The summed E-state index contributed by atoms with van der Waals surface area (Å²) in [5, 5.41) is 0. The fourth-order valence-corrected chi connectivity index (χ4v) is 0.315. The molecular weight excluding hydrogens is 152 g/mol. The number of carbonyl (C=O) groups is 1. The number of amides is 1. The second-order valence-electron chi connectivity index (χ2n) is 2.04. The molecule has 0 radical (unpaired) electrons. The molecule has 0 saturated heterocycles. The Morgan fingerprint density at radius 2 is 2.08 bits per heavy atom. The van der Waals surface area contributed by atoms with Crippen LogP contribution in [0.2, 0.25) is 0 Å². The first-order valence-corrected chi connectivity index (χ1v) is 3.72. The molecule has 0 rings (SSSR count). The minimum absolute atomic E-state index is 0. The SMILES string of the molecule is C=C/C(=C\N=C)C(N)=O.CCC.[HH]. The largest absolute Gasteiger partial charge is 0.366 e. The van der Waals surface area contributed by atoms with Crippen molar-refractivity contribution in [1.82, 2.24) is 0 Å². The molecule has 0 fully saturated rings.